The van der Waals surface area contributed by atoms with Gasteiger partial charge in [0.1, 0.15) is 5.82 Å². The highest BCUT2D eigenvalue weighted by atomic mass is 35.5. The second-order valence-electron chi connectivity index (χ2n) is 5.79. The Balaban J connectivity index is 2.37. The van der Waals surface area contributed by atoms with Crippen molar-refractivity contribution >= 4 is 21.6 Å². The van der Waals surface area contributed by atoms with Gasteiger partial charge in [-0.3, -0.25) is 0 Å². The first-order valence-electron chi connectivity index (χ1n) is 7.21. The molecule has 1 fully saturated rings. The second-order valence-corrected chi connectivity index (χ2v) is 7.99. The third kappa shape index (κ3) is 3.58. The Morgan fingerprint density at radius 3 is 2.71 bits per heavy atom. The summed E-state index contributed by atoms with van der Waals surface area (Å²) in [7, 11) is -3.57. The lowest BCUT2D eigenvalue weighted by Gasteiger charge is -2.21. The van der Waals surface area contributed by atoms with Crippen LogP contribution in [0.4, 0.5) is 4.39 Å². The van der Waals surface area contributed by atoms with Crippen LogP contribution in [0.25, 0.3) is 0 Å². The Labute approximate surface area is 131 Å². The molecule has 0 spiro atoms. The summed E-state index contributed by atoms with van der Waals surface area (Å²) >= 11 is 5.71. The Hall–Kier alpha value is -0.650. The van der Waals surface area contributed by atoms with Crippen LogP contribution < -0.4 is 0 Å². The molecular weight excluding hydrogens is 313 g/mol. The molecule has 21 heavy (non-hydrogen) atoms. The van der Waals surface area contributed by atoms with Gasteiger partial charge < -0.3 is 0 Å². The zero-order valence-corrected chi connectivity index (χ0v) is 14.0. The van der Waals surface area contributed by atoms with Crippen molar-refractivity contribution in [3.63, 3.8) is 0 Å². The van der Waals surface area contributed by atoms with Crippen molar-refractivity contribution < 1.29 is 12.8 Å². The van der Waals surface area contributed by atoms with Crippen molar-refractivity contribution in [3.05, 3.63) is 29.1 Å². The molecule has 1 heterocycles. The highest BCUT2D eigenvalue weighted by Crippen LogP contribution is 2.26. The molecule has 3 nitrogen and oxygen atoms in total. The lowest BCUT2D eigenvalue weighted by Crippen LogP contribution is -2.32. The van der Waals surface area contributed by atoms with Crippen molar-refractivity contribution in [2.45, 2.75) is 43.9 Å². The molecule has 0 N–H and O–H groups in total. The second kappa shape index (κ2) is 6.63. The standard InChI is InChI=1S/C15H21ClFNO2S/c1-11-4-3-6-18(7-5-11)21(19,20)14-8-12(2)15(17)13(9-14)10-16/h8-9,11H,3-7,10H2,1-2H3. The van der Waals surface area contributed by atoms with E-state index in [4.69, 9.17) is 11.6 Å². The maximum absolute atomic E-state index is 13.8. The number of nitrogens with zero attached hydrogens (tertiary/aromatic N) is 1. The summed E-state index contributed by atoms with van der Waals surface area (Å²) in [6.45, 7) is 4.76. The number of hydrogen-bond donors (Lipinski definition) is 0. The zero-order chi connectivity index (χ0) is 15.6. The van der Waals surface area contributed by atoms with Gasteiger partial charge >= 0.3 is 0 Å². The Morgan fingerprint density at radius 2 is 2.05 bits per heavy atom. The summed E-state index contributed by atoms with van der Waals surface area (Å²) in [5.41, 5.74) is 0.549. The van der Waals surface area contributed by atoms with Gasteiger partial charge in [-0.25, -0.2) is 12.8 Å². The van der Waals surface area contributed by atoms with Crippen molar-refractivity contribution in [3.8, 4) is 0 Å². The minimum atomic E-state index is -3.57. The molecule has 1 aliphatic rings. The largest absolute Gasteiger partial charge is 0.243 e. The third-order valence-electron chi connectivity index (χ3n) is 4.06. The smallest absolute Gasteiger partial charge is 0.207 e. The predicted molar refractivity (Wildman–Crippen MR) is 82.5 cm³/mol. The fraction of sp³-hybridized carbons (Fsp3) is 0.600. The molecule has 1 aliphatic heterocycles. The van der Waals surface area contributed by atoms with Gasteiger partial charge in [0.05, 0.1) is 10.8 Å². The van der Waals surface area contributed by atoms with Crippen LogP contribution in [0.5, 0.6) is 0 Å². The van der Waals surface area contributed by atoms with Crippen molar-refractivity contribution in [1.29, 1.82) is 0 Å². The number of halogens is 2. The van der Waals surface area contributed by atoms with E-state index < -0.39 is 15.8 Å². The molecule has 0 aliphatic carbocycles. The van der Waals surface area contributed by atoms with Crippen molar-refractivity contribution in [2.24, 2.45) is 5.92 Å². The quantitative estimate of drug-likeness (QED) is 0.791. The van der Waals surface area contributed by atoms with E-state index in [1.807, 2.05) is 0 Å². The summed E-state index contributed by atoms with van der Waals surface area (Å²) in [6.07, 6.45) is 2.77. The summed E-state index contributed by atoms with van der Waals surface area (Å²) < 4.78 is 40.8. The van der Waals surface area contributed by atoms with Crippen LogP contribution in [0.15, 0.2) is 17.0 Å². The molecule has 0 aromatic heterocycles. The van der Waals surface area contributed by atoms with Gasteiger partial charge in [-0.1, -0.05) is 6.92 Å². The predicted octanol–water partition coefficient (Wildman–Crippen LogP) is 3.68. The Kier molecular flexibility index (Phi) is 5.28. The average molecular weight is 334 g/mol. The summed E-state index contributed by atoms with van der Waals surface area (Å²) in [4.78, 5) is 0.145. The van der Waals surface area contributed by atoms with Crippen molar-refractivity contribution in [1.82, 2.24) is 4.31 Å². The van der Waals surface area contributed by atoms with E-state index in [9.17, 15) is 12.8 Å². The molecule has 118 valence electrons. The normalized spacial score (nSPS) is 21.2. The van der Waals surface area contributed by atoms with Crippen LogP contribution in [-0.4, -0.2) is 25.8 Å². The maximum Gasteiger partial charge on any atom is 0.243 e. The first-order chi connectivity index (χ1) is 9.86. The van der Waals surface area contributed by atoms with Crippen LogP contribution in [0, 0.1) is 18.7 Å². The SMILES string of the molecule is Cc1cc(S(=O)(=O)N2CCCC(C)CC2)cc(CCl)c1F. The fourth-order valence-electron chi connectivity index (χ4n) is 2.68. The molecule has 1 unspecified atom stereocenters. The molecule has 0 radical (unpaired) electrons. The van der Waals surface area contributed by atoms with Gasteiger partial charge in [-0.2, -0.15) is 4.31 Å². The summed E-state index contributed by atoms with van der Waals surface area (Å²) in [5, 5.41) is 0. The van der Waals surface area contributed by atoms with Gasteiger partial charge in [0.25, 0.3) is 0 Å². The summed E-state index contributed by atoms with van der Waals surface area (Å²) in [5.74, 6) is 0.0829. The molecule has 6 heteroatoms. The molecule has 2 rings (SSSR count). The molecule has 1 aromatic rings. The lowest BCUT2D eigenvalue weighted by atomic mass is 10.0. The first-order valence-corrected chi connectivity index (χ1v) is 9.19. The maximum atomic E-state index is 13.8. The number of alkyl halides is 1. The molecule has 1 saturated heterocycles. The fourth-order valence-corrected chi connectivity index (χ4v) is 4.50. The van der Waals surface area contributed by atoms with E-state index in [-0.39, 0.29) is 16.3 Å². The monoisotopic (exact) mass is 333 g/mol. The highest BCUT2D eigenvalue weighted by molar-refractivity contribution is 7.89. The van der Waals surface area contributed by atoms with E-state index in [1.165, 1.54) is 16.4 Å². The number of hydrogen-bond acceptors (Lipinski definition) is 2. The van der Waals surface area contributed by atoms with E-state index >= 15 is 0 Å². The van der Waals surface area contributed by atoms with Crippen LogP contribution in [0.3, 0.4) is 0 Å². The number of sulfonamides is 1. The average Bonchev–Trinajstić information content (AvgIpc) is 2.66. The number of aryl methyl sites for hydroxylation is 1. The molecule has 0 amide bonds. The van der Waals surface area contributed by atoms with Gasteiger partial charge in [0.2, 0.25) is 10.0 Å². The van der Waals surface area contributed by atoms with Crippen LogP contribution in [0.2, 0.25) is 0 Å². The van der Waals surface area contributed by atoms with Gasteiger partial charge in [0.15, 0.2) is 0 Å². The lowest BCUT2D eigenvalue weighted by molar-refractivity contribution is 0.416. The zero-order valence-electron chi connectivity index (χ0n) is 12.4. The van der Waals surface area contributed by atoms with Gasteiger partial charge in [0, 0.05) is 18.7 Å². The van der Waals surface area contributed by atoms with E-state index in [1.54, 1.807) is 6.92 Å². The highest BCUT2D eigenvalue weighted by Gasteiger charge is 2.27. The van der Waals surface area contributed by atoms with Gasteiger partial charge in [-0.05, 0) is 49.8 Å². The minimum absolute atomic E-state index is 0.0347. The van der Waals surface area contributed by atoms with Crippen LogP contribution >= 0.6 is 11.6 Å². The summed E-state index contributed by atoms with van der Waals surface area (Å²) in [6, 6.07) is 2.76. The molecule has 1 atom stereocenters. The third-order valence-corrected chi connectivity index (χ3v) is 6.23. The van der Waals surface area contributed by atoms with E-state index in [0.717, 1.165) is 19.3 Å². The number of benzene rings is 1. The molecule has 0 bridgehead atoms. The number of rotatable bonds is 3. The van der Waals surface area contributed by atoms with E-state index in [2.05, 4.69) is 6.92 Å². The van der Waals surface area contributed by atoms with Crippen LogP contribution in [0.1, 0.15) is 37.3 Å². The van der Waals surface area contributed by atoms with E-state index in [0.29, 0.717) is 24.6 Å². The molecular formula is C15H21ClFNO2S. The first kappa shape index (κ1) is 16.7. The minimum Gasteiger partial charge on any atom is -0.207 e. The Morgan fingerprint density at radius 1 is 1.33 bits per heavy atom. The Bertz CT molecular complexity index is 618. The molecule has 0 saturated carbocycles. The molecule has 1 aromatic carbocycles. The van der Waals surface area contributed by atoms with Crippen LogP contribution in [-0.2, 0) is 15.9 Å². The van der Waals surface area contributed by atoms with Crippen molar-refractivity contribution in [2.75, 3.05) is 13.1 Å². The topological polar surface area (TPSA) is 37.4 Å². The van der Waals surface area contributed by atoms with Gasteiger partial charge in [-0.15, -0.1) is 11.6 Å².